The van der Waals surface area contributed by atoms with Gasteiger partial charge in [-0.05, 0) is 25.1 Å². The van der Waals surface area contributed by atoms with Crippen LogP contribution in [0.2, 0.25) is 0 Å². The summed E-state index contributed by atoms with van der Waals surface area (Å²) < 4.78 is 23.6. The van der Waals surface area contributed by atoms with Crippen molar-refractivity contribution in [2.45, 2.75) is 13.0 Å². The van der Waals surface area contributed by atoms with Crippen molar-refractivity contribution in [3.63, 3.8) is 0 Å². The Hall–Kier alpha value is -3.15. The zero-order valence-electron chi connectivity index (χ0n) is 13.5. The Morgan fingerprint density at radius 2 is 1.84 bits per heavy atom. The molecule has 0 aliphatic carbocycles. The molecule has 0 spiro atoms. The van der Waals surface area contributed by atoms with Gasteiger partial charge in [-0.15, -0.1) is 0 Å². The van der Waals surface area contributed by atoms with Crippen LogP contribution >= 0.6 is 0 Å². The molecule has 0 aliphatic heterocycles. The summed E-state index contributed by atoms with van der Waals surface area (Å²) in [7, 11) is 0. The van der Waals surface area contributed by atoms with Crippen LogP contribution < -0.4 is 4.74 Å². The number of rotatable bonds is 6. The van der Waals surface area contributed by atoms with Crippen LogP contribution in [0.15, 0.2) is 54.7 Å². The largest absolute Gasteiger partial charge is 0.479 e. The number of nitrogens with one attached hydrogen (secondary N) is 1. The second kappa shape index (κ2) is 7.17. The Morgan fingerprint density at radius 1 is 1.12 bits per heavy atom. The lowest BCUT2D eigenvalue weighted by atomic mass is 10.1. The maximum atomic E-state index is 13.4. The van der Waals surface area contributed by atoms with Crippen LogP contribution in [0, 0.1) is 5.82 Å². The number of esters is 1. The van der Waals surface area contributed by atoms with E-state index in [1.807, 2.05) is 24.3 Å². The standard InChI is InChI=1S/C19H16FNO4/c1-12(19(23)14-10-21-16-8-4-2-6-13(14)16)25-18(22)11-24-17-9-5-3-7-15(17)20/h2-10,12,21H,11H2,1H3/t12-/m0/s1. The Morgan fingerprint density at radius 3 is 2.64 bits per heavy atom. The number of hydrogen-bond acceptors (Lipinski definition) is 4. The molecule has 3 aromatic rings. The lowest BCUT2D eigenvalue weighted by Crippen LogP contribution is -2.27. The first-order valence-electron chi connectivity index (χ1n) is 7.73. The van der Waals surface area contributed by atoms with E-state index in [-0.39, 0.29) is 11.5 Å². The maximum Gasteiger partial charge on any atom is 0.344 e. The van der Waals surface area contributed by atoms with E-state index >= 15 is 0 Å². The molecule has 0 bridgehead atoms. The third-order valence-corrected chi connectivity index (χ3v) is 3.71. The molecule has 0 amide bonds. The molecule has 6 heteroatoms. The molecule has 1 atom stereocenters. The Bertz CT molecular complexity index is 918. The Kier molecular flexibility index (Phi) is 4.79. The molecular formula is C19H16FNO4. The number of fused-ring (bicyclic) bond motifs is 1. The average Bonchev–Trinajstić information content (AvgIpc) is 3.04. The van der Waals surface area contributed by atoms with Gasteiger partial charge in [0.15, 0.2) is 24.3 Å². The number of carbonyl (C=O) groups is 2. The lowest BCUT2D eigenvalue weighted by Gasteiger charge is -2.12. The highest BCUT2D eigenvalue weighted by atomic mass is 19.1. The first-order valence-corrected chi connectivity index (χ1v) is 7.73. The minimum Gasteiger partial charge on any atom is -0.479 e. The quantitative estimate of drug-likeness (QED) is 0.550. The van der Waals surface area contributed by atoms with Gasteiger partial charge in [-0.2, -0.15) is 0 Å². The molecule has 1 N–H and O–H groups in total. The van der Waals surface area contributed by atoms with Gasteiger partial charge in [0, 0.05) is 22.7 Å². The van der Waals surface area contributed by atoms with Gasteiger partial charge in [-0.1, -0.05) is 30.3 Å². The summed E-state index contributed by atoms with van der Waals surface area (Å²) in [4.78, 5) is 27.3. The predicted molar refractivity (Wildman–Crippen MR) is 90.1 cm³/mol. The van der Waals surface area contributed by atoms with E-state index in [1.54, 1.807) is 12.3 Å². The van der Waals surface area contributed by atoms with Crippen LogP contribution in [0.25, 0.3) is 10.9 Å². The van der Waals surface area contributed by atoms with E-state index < -0.39 is 24.5 Å². The molecule has 128 valence electrons. The van der Waals surface area contributed by atoms with Gasteiger partial charge in [-0.3, -0.25) is 4.79 Å². The van der Waals surface area contributed by atoms with Gasteiger partial charge >= 0.3 is 5.97 Å². The van der Waals surface area contributed by atoms with Gasteiger partial charge in [0.2, 0.25) is 5.78 Å². The van der Waals surface area contributed by atoms with Crippen molar-refractivity contribution in [3.8, 4) is 5.75 Å². The normalized spacial score (nSPS) is 11.9. The fourth-order valence-corrected chi connectivity index (χ4v) is 2.48. The zero-order chi connectivity index (χ0) is 17.8. The van der Waals surface area contributed by atoms with Crippen molar-refractivity contribution in [3.05, 3.63) is 66.1 Å². The fraction of sp³-hybridized carbons (Fsp3) is 0.158. The summed E-state index contributed by atoms with van der Waals surface area (Å²) in [5.74, 6) is -1.69. The van der Waals surface area contributed by atoms with Gasteiger partial charge in [0.1, 0.15) is 0 Å². The summed E-state index contributed by atoms with van der Waals surface area (Å²) in [5.41, 5.74) is 1.28. The molecule has 2 aromatic carbocycles. The molecule has 5 nitrogen and oxygen atoms in total. The Labute approximate surface area is 143 Å². The topological polar surface area (TPSA) is 68.4 Å². The summed E-state index contributed by atoms with van der Waals surface area (Å²) in [6, 6.07) is 13.1. The second-order valence-corrected chi connectivity index (χ2v) is 5.46. The number of halogens is 1. The van der Waals surface area contributed by atoms with Crippen molar-refractivity contribution < 1.29 is 23.5 Å². The summed E-state index contributed by atoms with van der Waals surface area (Å²) in [6.07, 6.45) is 0.614. The van der Waals surface area contributed by atoms with Crippen LogP contribution in [0.1, 0.15) is 17.3 Å². The Balaban J connectivity index is 1.61. The smallest absolute Gasteiger partial charge is 0.344 e. The van der Waals surface area contributed by atoms with Crippen molar-refractivity contribution in [2.24, 2.45) is 0 Å². The summed E-state index contributed by atoms with van der Waals surface area (Å²) in [6.45, 7) is 1.01. The van der Waals surface area contributed by atoms with Gasteiger partial charge in [0.05, 0.1) is 0 Å². The molecule has 0 aliphatic rings. The van der Waals surface area contributed by atoms with Crippen molar-refractivity contribution in [1.29, 1.82) is 0 Å². The molecule has 0 fully saturated rings. The van der Waals surface area contributed by atoms with E-state index in [0.717, 1.165) is 10.9 Å². The van der Waals surface area contributed by atoms with Gasteiger partial charge < -0.3 is 14.5 Å². The molecular weight excluding hydrogens is 325 g/mol. The van der Waals surface area contributed by atoms with Crippen molar-refractivity contribution in [1.82, 2.24) is 4.98 Å². The van der Waals surface area contributed by atoms with Crippen LogP contribution in [-0.4, -0.2) is 29.4 Å². The monoisotopic (exact) mass is 341 g/mol. The van der Waals surface area contributed by atoms with E-state index in [9.17, 15) is 14.0 Å². The number of ketones is 1. The highest BCUT2D eigenvalue weighted by molar-refractivity contribution is 6.10. The molecule has 0 saturated carbocycles. The van der Waals surface area contributed by atoms with Gasteiger partial charge in [0.25, 0.3) is 0 Å². The molecule has 3 rings (SSSR count). The molecule has 0 radical (unpaired) electrons. The first-order chi connectivity index (χ1) is 12.1. The van der Waals surface area contributed by atoms with Crippen LogP contribution in [0.3, 0.4) is 0 Å². The molecule has 1 aromatic heterocycles. The van der Waals surface area contributed by atoms with E-state index in [1.165, 1.54) is 25.1 Å². The van der Waals surface area contributed by atoms with E-state index in [2.05, 4.69) is 4.98 Å². The summed E-state index contributed by atoms with van der Waals surface area (Å²) in [5, 5.41) is 0.762. The van der Waals surface area contributed by atoms with Crippen LogP contribution in [-0.2, 0) is 9.53 Å². The third-order valence-electron chi connectivity index (χ3n) is 3.71. The average molecular weight is 341 g/mol. The predicted octanol–water partition coefficient (Wildman–Crippen LogP) is 3.50. The zero-order valence-corrected chi connectivity index (χ0v) is 13.5. The summed E-state index contributed by atoms with van der Waals surface area (Å²) >= 11 is 0. The highest BCUT2D eigenvalue weighted by Gasteiger charge is 2.22. The number of Topliss-reactive ketones (excluding diaryl/α,β-unsaturated/α-hetero) is 1. The van der Waals surface area contributed by atoms with Gasteiger partial charge in [-0.25, -0.2) is 9.18 Å². The third kappa shape index (κ3) is 3.68. The molecule has 25 heavy (non-hydrogen) atoms. The molecule has 0 unspecified atom stereocenters. The molecule has 1 heterocycles. The lowest BCUT2D eigenvalue weighted by molar-refractivity contribution is -0.148. The molecule has 0 saturated heterocycles. The minimum atomic E-state index is -0.976. The van der Waals surface area contributed by atoms with Crippen molar-refractivity contribution in [2.75, 3.05) is 6.61 Å². The van der Waals surface area contributed by atoms with E-state index in [0.29, 0.717) is 5.56 Å². The number of H-pyrrole nitrogens is 1. The maximum absolute atomic E-state index is 13.4. The number of benzene rings is 2. The number of aromatic nitrogens is 1. The second-order valence-electron chi connectivity index (χ2n) is 5.46. The fourth-order valence-electron chi connectivity index (χ4n) is 2.48. The highest BCUT2D eigenvalue weighted by Crippen LogP contribution is 2.20. The number of ether oxygens (including phenoxy) is 2. The first kappa shape index (κ1) is 16.7. The van der Waals surface area contributed by atoms with Crippen molar-refractivity contribution >= 4 is 22.7 Å². The number of para-hydroxylation sites is 2. The van der Waals surface area contributed by atoms with Crippen LogP contribution in [0.4, 0.5) is 4.39 Å². The number of carbonyl (C=O) groups excluding carboxylic acids is 2. The SMILES string of the molecule is C[C@H](OC(=O)COc1ccccc1F)C(=O)c1c[nH]c2ccccc12. The van der Waals surface area contributed by atoms with E-state index in [4.69, 9.17) is 9.47 Å². The minimum absolute atomic E-state index is 0.0462. The van der Waals surface area contributed by atoms with Crippen LogP contribution in [0.5, 0.6) is 5.75 Å². The number of aromatic amines is 1. The number of hydrogen-bond donors (Lipinski definition) is 1.